The maximum absolute atomic E-state index is 12.0. The number of hydrogen-bond acceptors (Lipinski definition) is 4. The smallest absolute Gasteiger partial charge is 0.251 e. The molecule has 1 aromatic rings. The summed E-state index contributed by atoms with van der Waals surface area (Å²) < 4.78 is 5.81. The fourth-order valence-corrected chi connectivity index (χ4v) is 3.04. The molecule has 0 radical (unpaired) electrons. The molecule has 20 heavy (non-hydrogen) atoms. The first kappa shape index (κ1) is 13.8. The fraction of sp³-hybridized carbons (Fsp3) is 0.571. The average Bonchev–Trinajstić information content (AvgIpc) is 2.92. The summed E-state index contributed by atoms with van der Waals surface area (Å²) in [6, 6.07) is 3.80. The fourth-order valence-electron chi connectivity index (χ4n) is 2.86. The largest absolute Gasteiger partial charge is 0.373 e. The van der Waals surface area contributed by atoms with Gasteiger partial charge in [0.15, 0.2) is 0 Å². The van der Waals surface area contributed by atoms with E-state index < -0.39 is 0 Å². The SMILES string of the molecule is O=C(NCC1CN2CCCC2CO1)c1ccnc(Cl)c1. The van der Waals surface area contributed by atoms with Gasteiger partial charge in [0.25, 0.3) is 5.91 Å². The predicted molar refractivity (Wildman–Crippen MR) is 75.9 cm³/mol. The van der Waals surface area contributed by atoms with Crippen LogP contribution in [0, 0.1) is 0 Å². The highest BCUT2D eigenvalue weighted by Crippen LogP contribution is 2.22. The van der Waals surface area contributed by atoms with Gasteiger partial charge in [-0.3, -0.25) is 9.69 Å². The van der Waals surface area contributed by atoms with Gasteiger partial charge in [-0.25, -0.2) is 4.98 Å². The average molecular weight is 296 g/mol. The molecule has 6 heteroatoms. The summed E-state index contributed by atoms with van der Waals surface area (Å²) in [7, 11) is 0. The molecular formula is C14H18ClN3O2. The normalized spacial score (nSPS) is 26.2. The van der Waals surface area contributed by atoms with E-state index in [1.54, 1.807) is 12.1 Å². The first-order chi connectivity index (χ1) is 9.72. The molecule has 3 rings (SSSR count). The standard InChI is InChI=1S/C14H18ClN3O2/c15-13-6-10(3-4-16-13)14(19)17-7-12-8-18-5-1-2-11(18)9-20-12/h3-4,6,11-12H,1-2,5,7-9H2,(H,17,19). The van der Waals surface area contributed by atoms with Crippen LogP contribution in [0.4, 0.5) is 0 Å². The van der Waals surface area contributed by atoms with E-state index in [9.17, 15) is 4.79 Å². The quantitative estimate of drug-likeness (QED) is 0.855. The lowest BCUT2D eigenvalue weighted by Crippen LogP contribution is -2.50. The van der Waals surface area contributed by atoms with Crippen LogP contribution >= 0.6 is 11.6 Å². The summed E-state index contributed by atoms with van der Waals surface area (Å²) in [5.74, 6) is -0.138. The first-order valence-electron chi connectivity index (χ1n) is 6.98. The highest BCUT2D eigenvalue weighted by atomic mass is 35.5. The third-order valence-corrected chi connectivity index (χ3v) is 4.15. The molecule has 1 N–H and O–H groups in total. The van der Waals surface area contributed by atoms with Crippen molar-refractivity contribution in [2.75, 3.05) is 26.2 Å². The number of aromatic nitrogens is 1. The van der Waals surface area contributed by atoms with Crippen LogP contribution in [0.1, 0.15) is 23.2 Å². The maximum atomic E-state index is 12.0. The van der Waals surface area contributed by atoms with E-state index >= 15 is 0 Å². The van der Waals surface area contributed by atoms with E-state index in [-0.39, 0.29) is 12.0 Å². The minimum atomic E-state index is -0.138. The molecule has 0 aliphatic carbocycles. The molecule has 2 aliphatic rings. The minimum absolute atomic E-state index is 0.0746. The Morgan fingerprint density at radius 3 is 3.35 bits per heavy atom. The van der Waals surface area contributed by atoms with Gasteiger partial charge in [-0.2, -0.15) is 0 Å². The Kier molecular flexibility index (Phi) is 4.19. The van der Waals surface area contributed by atoms with E-state index in [1.807, 2.05) is 0 Å². The zero-order valence-electron chi connectivity index (χ0n) is 11.2. The zero-order chi connectivity index (χ0) is 13.9. The van der Waals surface area contributed by atoms with Gasteiger partial charge in [0.2, 0.25) is 0 Å². The number of ether oxygens (including phenoxy) is 1. The van der Waals surface area contributed by atoms with Crippen molar-refractivity contribution in [3.8, 4) is 0 Å². The van der Waals surface area contributed by atoms with Crippen LogP contribution in [0.25, 0.3) is 0 Å². The van der Waals surface area contributed by atoms with Crippen molar-refractivity contribution in [2.45, 2.75) is 25.0 Å². The second-order valence-corrected chi connectivity index (χ2v) is 5.71. The monoisotopic (exact) mass is 295 g/mol. The first-order valence-corrected chi connectivity index (χ1v) is 7.35. The summed E-state index contributed by atoms with van der Waals surface area (Å²) in [4.78, 5) is 18.3. The van der Waals surface area contributed by atoms with Gasteiger partial charge < -0.3 is 10.1 Å². The third kappa shape index (κ3) is 3.11. The van der Waals surface area contributed by atoms with Crippen molar-refractivity contribution in [1.29, 1.82) is 0 Å². The number of fused-ring (bicyclic) bond motifs is 1. The van der Waals surface area contributed by atoms with Gasteiger partial charge in [-0.1, -0.05) is 11.6 Å². The number of morpholine rings is 1. The summed E-state index contributed by atoms with van der Waals surface area (Å²) in [6.45, 7) is 3.37. The molecule has 0 bridgehead atoms. The van der Waals surface area contributed by atoms with E-state index in [0.717, 1.165) is 19.7 Å². The van der Waals surface area contributed by atoms with Crippen molar-refractivity contribution in [2.24, 2.45) is 0 Å². The second-order valence-electron chi connectivity index (χ2n) is 5.32. The maximum Gasteiger partial charge on any atom is 0.251 e. The Hall–Kier alpha value is -1.17. The molecule has 0 aromatic carbocycles. The Balaban J connectivity index is 1.51. The predicted octanol–water partition coefficient (Wildman–Crippen LogP) is 1.33. The third-order valence-electron chi connectivity index (χ3n) is 3.94. The summed E-state index contributed by atoms with van der Waals surface area (Å²) in [5, 5.41) is 3.22. The highest BCUT2D eigenvalue weighted by Gasteiger charge is 2.32. The number of carbonyl (C=O) groups is 1. The van der Waals surface area contributed by atoms with Crippen LogP contribution in [0.15, 0.2) is 18.3 Å². The molecule has 2 saturated heterocycles. The molecule has 2 unspecified atom stereocenters. The van der Waals surface area contributed by atoms with Crippen LogP contribution in [0.2, 0.25) is 5.15 Å². The number of nitrogens with one attached hydrogen (secondary N) is 1. The number of carbonyl (C=O) groups excluding carboxylic acids is 1. The zero-order valence-corrected chi connectivity index (χ0v) is 12.0. The summed E-state index contributed by atoms with van der Waals surface area (Å²) in [6.07, 6.45) is 4.09. The number of nitrogens with zero attached hydrogens (tertiary/aromatic N) is 2. The van der Waals surface area contributed by atoms with E-state index in [0.29, 0.717) is 23.3 Å². The molecule has 2 fully saturated rings. The number of amides is 1. The molecule has 0 spiro atoms. The molecule has 2 atom stereocenters. The number of hydrogen-bond donors (Lipinski definition) is 1. The lowest BCUT2D eigenvalue weighted by Gasteiger charge is -2.35. The van der Waals surface area contributed by atoms with Gasteiger partial charge in [0.05, 0.1) is 12.7 Å². The highest BCUT2D eigenvalue weighted by molar-refractivity contribution is 6.29. The molecule has 3 heterocycles. The molecule has 0 saturated carbocycles. The summed E-state index contributed by atoms with van der Waals surface area (Å²) >= 11 is 5.78. The van der Waals surface area contributed by atoms with Crippen LogP contribution in [0.3, 0.4) is 0 Å². The molecule has 5 nitrogen and oxygen atoms in total. The van der Waals surface area contributed by atoms with Gasteiger partial charge in [-0.05, 0) is 31.5 Å². The number of rotatable bonds is 3. The van der Waals surface area contributed by atoms with Gasteiger partial charge in [0.1, 0.15) is 5.15 Å². The van der Waals surface area contributed by atoms with Crippen molar-refractivity contribution < 1.29 is 9.53 Å². The number of halogens is 1. The Bertz CT molecular complexity index is 497. The minimum Gasteiger partial charge on any atom is -0.373 e. The van der Waals surface area contributed by atoms with Crippen molar-refractivity contribution in [3.05, 3.63) is 29.0 Å². The van der Waals surface area contributed by atoms with Gasteiger partial charge in [0, 0.05) is 30.9 Å². The van der Waals surface area contributed by atoms with Crippen LogP contribution in [0.5, 0.6) is 0 Å². The van der Waals surface area contributed by atoms with Crippen LogP contribution in [-0.2, 0) is 4.74 Å². The molecular weight excluding hydrogens is 278 g/mol. The van der Waals surface area contributed by atoms with Crippen molar-refractivity contribution >= 4 is 17.5 Å². The lowest BCUT2D eigenvalue weighted by atomic mass is 10.2. The topological polar surface area (TPSA) is 54.5 Å². The number of pyridine rings is 1. The summed E-state index contributed by atoms with van der Waals surface area (Å²) in [5.41, 5.74) is 0.528. The van der Waals surface area contributed by atoms with Gasteiger partial charge in [-0.15, -0.1) is 0 Å². The molecule has 108 valence electrons. The van der Waals surface area contributed by atoms with E-state index in [2.05, 4.69) is 15.2 Å². The Labute approximate surface area is 123 Å². The van der Waals surface area contributed by atoms with Crippen LogP contribution in [-0.4, -0.2) is 54.2 Å². The van der Waals surface area contributed by atoms with E-state index in [4.69, 9.17) is 16.3 Å². The van der Waals surface area contributed by atoms with Crippen LogP contribution < -0.4 is 5.32 Å². The molecule has 1 aromatic heterocycles. The van der Waals surface area contributed by atoms with Crippen molar-refractivity contribution in [1.82, 2.24) is 15.2 Å². The Morgan fingerprint density at radius 1 is 1.60 bits per heavy atom. The molecule has 2 aliphatic heterocycles. The van der Waals surface area contributed by atoms with Gasteiger partial charge >= 0.3 is 0 Å². The molecule has 1 amide bonds. The van der Waals surface area contributed by atoms with Crippen molar-refractivity contribution in [3.63, 3.8) is 0 Å². The van der Waals surface area contributed by atoms with E-state index in [1.165, 1.54) is 19.0 Å². The second kappa shape index (κ2) is 6.08. The Morgan fingerprint density at radius 2 is 2.50 bits per heavy atom. The lowest BCUT2D eigenvalue weighted by molar-refractivity contribution is -0.0461.